The van der Waals surface area contributed by atoms with Gasteiger partial charge in [0.25, 0.3) is 0 Å². The number of nitrogens with two attached hydrogens (primary N) is 1. The van der Waals surface area contributed by atoms with E-state index in [-0.39, 0.29) is 25.1 Å². The summed E-state index contributed by atoms with van der Waals surface area (Å²) in [5.41, 5.74) is 0. The Morgan fingerprint density at radius 3 is 2.50 bits per heavy atom. The molecule has 1 rings (SSSR count). The second kappa shape index (κ2) is 8.00. The number of carbonyl (C=O) groups excluding carboxylic acids is 1. The number of hydrogen-bond donors (Lipinski definition) is 3. The summed E-state index contributed by atoms with van der Waals surface area (Å²) in [5, 5.41) is 9.87. The molecule has 10 heteroatoms. The average molecular weight is 345 g/mol. The highest BCUT2D eigenvalue weighted by Gasteiger charge is 2.42. The molecule has 0 aromatic carbocycles. The van der Waals surface area contributed by atoms with Crippen LogP contribution in [0.3, 0.4) is 0 Å². The van der Waals surface area contributed by atoms with Gasteiger partial charge >= 0.3 is 12.2 Å². The van der Waals surface area contributed by atoms with E-state index in [1.54, 1.807) is 0 Å². The Labute approximate surface area is 128 Å². The predicted octanol–water partition coefficient (Wildman–Crippen LogP) is 1.48. The summed E-state index contributed by atoms with van der Waals surface area (Å²) in [7, 11) is -3.50. The van der Waals surface area contributed by atoms with Crippen LogP contribution in [0.1, 0.15) is 38.5 Å². The molecule has 4 N–H and O–H groups in total. The van der Waals surface area contributed by atoms with Crippen molar-refractivity contribution in [3.8, 4) is 0 Å². The lowest BCUT2D eigenvalue weighted by Crippen LogP contribution is -2.46. The maximum Gasteiger partial charge on any atom is 0.391 e. The monoisotopic (exact) mass is 345 g/mol. The minimum Gasteiger partial charge on any atom is -0.338 e. The van der Waals surface area contributed by atoms with Crippen molar-refractivity contribution in [3.05, 3.63) is 0 Å². The number of primary sulfonamides is 1. The smallest absolute Gasteiger partial charge is 0.338 e. The van der Waals surface area contributed by atoms with E-state index in [0.717, 1.165) is 0 Å². The molecule has 0 aromatic rings. The van der Waals surface area contributed by atoms with E-state index in [0.29, 0.717) is 25.7 Å². The number of amides is 2. The maximum absolute atomic E-state index is 12.6. The minimum atomic E-state index is -4.22. The van der Waals surface area contributed by atoms with Crippen molar-refractivity contribution in [1.82, 2.24) is 10.6 Å². The zero-order valence-corrected chi connectivity index (χ0v) is 13.0. The van der Waals surface area contributed by atoms with Crippen LogP contribution in [0.5, 0.6) is 0 Å². The number of rotatable bonds is 6. The number of hydrogen-bond acceptors (Lipinski definition) is 3. The Morgan fingerprint density at radius 1 is 1.23 bits per heavy atom. The Hall–Kier alpha value is -1.03. The Morgan fingerprint density at radius 2 is 1.91 bits per heavy atom. The third kappa shape index (κ3) is 7.83. The fraction of sp³-hybridized carbons (Fsp3) is 0.917. The maximum atomic E-state index is 12.6. The molecule has 0 radical (unpaired) electrons. The largest absolute Gasteiger partial charge is 0.391 e. The van der Waals surface area contributed by atoms with Gasteiger partial charge in [-0.2, -0.15) is 13.2 Å². The van der Waals surface area contributed by atoms with Gasteiger partial charge in [0.2, 0.25) is 10.0 Å². The molecule has 0 aliphatic heterocycles. The van der Waals surface area contributed by atoms with Crippen molar-refractivity contribution in [2.45, 2.75) is 50.7 Å². The molecule has 0 aromatic heterocycles. The number of urea groups is 1. The zero-order chi connectivity index (χ0) is 16.8. The van der Waals surface area contributed by atoms with Gasteiger partial charge in [-0.1, -0.05) is 6.42 Å². The molecule has 6 nitrogen and oxygen atoms in total. The van der Waals surface area contributed by atoms with Gasteiger partial charge in [-0.3, -0.25) is 0 Å². The highest BCUT2D eigenvalue weighted by molar-refractivity contribution is 7.89. The van der Waals surface area contributed by atoms with Crippen LogP contribution < -0.4 is 15.8 Å². The first-order chi connectivity index (χ1) is 10.1. The van der Waals surface area contributed by atoms with Crippen molar-refractivity contribution < 1.29 is 26.4 Å². The number of carbonyl (C=O) groups is 1. The van der Waals surface area contributed by atoms with Crippen LogP contribution in [0, 0.1) is 5.92 Å². The van der Waals surface area contributed by atoms with Crippen LogP contribution in [-0.4, -0.2) is 39.0 Å². The molecule has 1 aliphatic carbocycles. The third-order valence-corrected chi connectivity index (χ3v) is 4.47. The van der Waals surface area contributed by atoms with E-state index < -0.39 is 34.2 Å². The Kier molecular flexibility index (Phi) is 6.92. The molecular weight excluding hydrogens is 323 g/mol. The van der Waals surface area contributed by atoms with Crippen LogP contribution in [0.4, 0.5) is 18.0 Å². The lowest BCUT2D eigenvalue weighted by molar-refractivity contribution is -0.183. The van der Waals surface area contributed by atoms with Gasteiger partial charge < -0.3 is 10.6 Å². The molecule has 1 saturated carbocycles. The fourth-order valence-electron chi connectivity index (χ4n) is 2.48. The molecular formula is C12H22F3N3O3S. The van der Waals surface area contributed by atoms with Crippen LogP contribution in [0.15, 0.2) is 0 Å². The summed E-state index contributed by atoms with van der Waals surface area (Å²) in [6.07, 6.45) is -2.49. The summed E-state index contributed by atoms with van der Waals surface area (Å²) in [6.45, 7) is 0.247. The summed E-state index contributed by atoms with van der Waals surface area (Å²) in [4.78, 5) is 11.6. The normalized spacial score (nSPS) is 23.1. The van der Waals surface area contributed by atoms with E-state index in [2.05, 4.69) is 10.6 Å². The number of alkyl halides is 3. The third-order valence-electron chi connectivity index (χ3n) is 3.61. The first kappa shape index (κ1) is 19.0. The molecule has 0 spiro atoms. The van der Waals surface area contributed by atoms with Gasteiger partial charge in [0.05, 0.1) is 11.7 Å². The van der Waals surface area contributed by atoms with Gasteiger partial charge in [-0.25, -0.2) is 18.4 Å². The molecule has 0 saturated heterocycles. The fourth-order valence-corrected chi connectivity index (χ4v) is 3.09. The van der Waals surface area contributed by atoms with Crippen molar-refractivity contribution in [2.75, 3.05) is 12.3 Å². The molecule has 22 heavy (non-hydrogen) atoms. The summed E-state index contributed by atoms with van der Waals surface area (Å²) < 4.78 is 59.3. The highest BCUT2D eigenvalue weighted by Crippen LogP contribution is 2.37. The number of nitrogens with one attached hydrogen (secondary N) is 2. The summed E-state index contributed by atoms with van der Waals surface area (Å²) >= 11 is 0. The van der Waals surface area contributed by atoms with Crippen LogP contribution in [0.2, 0.25) is 0 Å². The zero-order valence-electron chi connectivity index (χ0n) is 12.2. The SMILES string of the molecule is NS(=O)(=O)CCCCNC(=O)N[C@H]1CCC[C@@H](C(F)(F)F)C1. The van der Waals surface area contributed by atoms with Crippen molar-refractivity contribution in [2.24, 2.45) is 11.1 Å². The summed E-state index contributed by atoms with van der Waals surface area (Å²) in [6, 6.07) is -1.01. The topological polar surface area (TPSA) is 101 Å². The quantitative estimate of drug-likeness (QED) is 0.636. The van der Waals surface area contributed by atoms with E-state index >= 15 is 0 Å². The van der Waals surface area contributed by atoms with E-state index in [1.165, 1.54) is 0 Å². The molecule has 0 unspecified atom stereocenters. The van der Waals surface area contributed by atoms with Crippen molar-refractivity contribution >= 4 is 16.1 Å². The van der Waals surface area contributed by atoms with Gasteiger partial charge in [0, 0.05) is 12.6 Å². The molecule has 1 fully saturated rings. The Balaban J connectivity index is 2.22. The lowest BCUT2D eigenvalue weighted by Gasteiger charge is -2.31. The van der Waals surface area contributed by atoms with Gasteiger partial charge in [-0.15, -0.1) is 0 Å². The first-order valence-electron chi connectivity index (χ1n) is 7.19. The van der Waals surface area contributed by atoms with Gasteiger partial charge in [0.1, 0.15) is 0 Å². The number of unbranched alkanes of at least 4 members (excludes halogenated alkanes) is 1. The molecule has 2 atom stereocenters. The van der Waals surface area contributed by atoms with E-state index in [1.807, 2.05) is 0 Å². The molecule has 0 bridgehead atoms. The van der Waals surface area contributed by atoms with Crippen molar-refractivity contribution in [3.63, 3.8) is 0 Å². The van der Waals surface area contributed by atoms with Gasteiger partial charge in [0.15, 0.2) is 0 Å². The summed E-state index contributed by atoms with van der Waals surface area (Å²) in [5.74, 6) is -1.52. The second-order valence-corrected chi connectivity index (χ2v) is 7.31. The molecule has 130 valence electrons. The number of halogens is 3. The van der Waals surface area contributed by atoms with E-state index in [4.69, 9.17) is 5.14 Å². The molecule has 1 aliphatic rings. The standard InChI is InChI=1S/C12H22F3N3O3S/c13-12(14,15)9-4-3-5-10(8-9)18-11(19)17-6-1-2-7-22(16,20)21/h9-10H,1-8H2,(H2,16,20,21)(H2,17,18,19)/t9-,10+/m1/s1. The van der Waals surface area contributed by atoms with E-state index in [9.17, 15) is 26.4 Å². The van der Waals surface area contributed by atoms with Crippen molar-refractivity contribution in [1.29, 1.82) is 0 Å². The highest BCUT2D eigenvalue weighted by atomic mass is 32.2. The van der Waals surface area contributed by atoms with Crippen LogP contribution in [-0.2, 0) is 10.0 Å². The lowest BCUT2D eigenvalue weighted by atomic mass is 9.85. The Bertz CT molecular complexity index is 468. The number of sulfonamides is 1. The molecule has 2 amide bonds. The van der Waals surface area contributed by atoms with Crippen LogP contribution >= 0.6 is 0 Å². The van der Waals surface area contributed by atoms with Gasteiger partial charge in [-0.05, 0) is 32.1 Å². The average Bonchev–Trinajstić information content (AvgIpc) is 2.36. The van der Waals surface area contributed by atoms with Crippen LogP contribution in [0.25, 0.3) is 0 Å². The first-order valence-corrected chi connectivity index (χ1v) is 8.91. The molecule has 0 heterocycles. The predicted molar refractivity (Wildman–Crippen MR) is 75.5 cm³/mol. The minimum absolute atomic E-state index is 0.0949. The second-order valence-electron chi connectivity index (χ2n) is 5.58.